The summed E-state index contributed by atoms with van der Waals surface area (Å²) in [5.74, 6) is -0.419. The maximum absolute atomic E-state index is 13.1. The topological polar surface area (TPSA) is 103 Å². The lowest BCUT2D eigenvalue weighted by Crippen LogP contribution is -2.33. The van der Waals surface area contributed by atoms with Crippen LogP contribution in [-0.4, -0.2) is 20.4 Å². The highest BCUT2D eigenvalue weighted by Gasteiger charge is 2.30. The van der Waals surface area contributed by atoms with Crippen LogP contribution in [-0.2, 0) is 0 Å². The number of anilines is 1. The minimum Gasteiger partial charge on any atom is -0.382 e. The van der Waals surface area contributed by atoms with Gasteiger partial charge in [-0.2, -0.15) is 0 Å². The van der Waals surface area contributed by atoms with Gasteiger partial charge >= 0.3 is 0 Å². The number of nitrogen functional groups attached to an aromatic ring is 1. The SMILES string of the molecule is C[C@H](NC(=O)c1nc(Br)cnc1N)c1cc2cccc(Cl)c2c(=O)n1C1CC1. The molecule has 0 radical (unpaired) electrons. The third kappa shape index (κ3) is 3.38. The molecule has 1 saturated carbocycles. The molecule has 1 aromatic carbocycles. The van der Waals surface area contributed by atoms with E-state index in [1.165, 1.54) is 6.20 Å². The van der Waals surface area contributed by atoms with Crippen molar-refractivity contribution >= 4 is 50.0 Å². The van der Waals surface area contributed by atoms with E-state index >= 15 is 0 Å². The summed E-state index contributed by atoms with van der Waals surface area (Å²) in [5.41, 5.74) is 6.40. The van der Waals surface area contributed by atoms with Crippen LogP contribution in [0.15, 0.2) is 39.9 Å². The molecular weight excluding hydrogens is 446 g/mol. The van der Waals surface area contributed by atoms with Crippen LogP contribution in [0.4, 0.5) is 5.82 Å². The van der Waals surface area contributed by atoms with Gasteiger partial charge in [-0.15, -0.1) is 0 Å². The van der Waals surface area contributed by atoms with Crippen LogP contribution in [0.25, 0.3) is 10.8 Å². The van der Waals surface area contributed by atoms with E-state index in [0.29, 0.717) is 15.0 Å². The summed E-state index contributed by atoms with van der Waals surface area (Å²) in [6.45, 7) is 1.82. The second kappa shape index (κ2) is 7.18. The molecule has 3 aromatic rings. The molecule has 7 nitrogen and oxygen atoms in total. The van der Waals surface area contributed by atoms with Crippen molar-refractivity contribution < 1.29 is 4.79 Å². The molecule has 9 heteroatoms. The van der Waals surface area contributed by atoms with Gasteiger partial charge < -0.3 is 15.6 Å². The number of hydrogen-bond donors (Lipinski definition) is 2. The van der Waals surface area contributed by atoms with Crippen molar-refractivity contribution in [2.75, 3.05) is 5.73 Å². The van der Waals surface area contributed by atoms with E-state index in [9.17, 15) is 9.59 Å². The molecule has 144 valence electrons. The number of carbonyl (C=O) groups excluding carboxylic acids is 1. The first-order valence-corrected chi connectivity index (χ1v) is 9.96. The molecular formula is C19H17BrClN5O2. The van der Waals surface area contributed by atoms with Crippen LogP contribution in [0.5, 0.6) is 0 Å². The lowest BCUT2D eigenvalue weighted by molar-refractivity contribution is 0.0933. The monoisotopic (exact) mass is 461 g/mol. The minimum absolute atomic E-state index is 0.0328. The van der Waals surface area contributed by atoms with Gasteiger partial charge in [-0.05, 0) is 53.2 Å². The zero-order valence-electron chi connectivity index (χ0n) is 14.9. The maximum Gasteiger partial charge on any atom is 0.274 e. The number of carbonyl (C=O) groups is 1. The highest BCUT2D eigenvalue weighted by molar-refractivity contribution is 9.10. The Labute approximate surface area is 174 Å². The summed E-state index contributed by atoms with van der Waals surface area (Å²) < 4.78 is 2.16. The number of amides is 1. The van der Waals surface area contributed by atoms with Crippen LogP contribution in [0, 0.1) is 0 Å². The van der Waals surface area contributed by atoms with Gasteiger partial charge in [0.1, 0.15) is 4.60 Å². The fourth-order valence-corrected chi connectivity index (χ4v) is 3.82. The predicted octanol–water partition coefficient (Wildman–Crippen LogP) is 3.62. The fraction of sp³-hybridized carbons (Fsp3) is 0.263. The van der Waals surface area contributed by atoms with Crippen LogP contribution in [0.2, 0.25) is 5.02 Å². The van der Waals surface area contributed by atoms with Gasteiger partial charge in [0.15, 0.2) is 11.5 Å². The summed E-state index contributed by atoms with van der Waals surface area (Å²) in [4.78, 5) is 33.8. The molecule has 2 aromatic heterocycles. The highest BCUT2D eigenvalue weighted by atomic mass is 79.9. The van der Waals surface area contributed by atoms with E-state index in [4.69, 9.17) is 17.3 Å². The Morgan fingerprint density at radius 3 is 2.89 bits per heavy atom. The van der Waals surface area contributed by atoms with Crippen LogP contribution < -0.4 is 16.6 Å². The van der Waals surface area contributed by atoms with E-state index in [1.54, 1.807) is 16.7 Å². The van der Waals surface area contributed by atoms with Crippen molar-refractivity contribution in [2.45, 2.75) is 31.8 Å². The lowest BCUT2D eigenvalue weighted by Gasteiger charge is -2.21. The number of halogens is 2. The van der Waals surface area contributed by atoms with Crippen molar-refractivity contribution in [3.05, 3.63) is 61.8 Å². The first kappa shape index (κ1) is 18.9. The number of fused-ring (bicyclic) bond motifs is 1. The van der Waals surface area contributed by atoms with E-state index in [2.05, 4.69) is 31.2 Å². The van der Waals surface area contributed by atoms with Gasteiger partial charge in [-0.1, -0.05) is 23.7 Å². The number of nitrogens with zero attached hydrogens (tertiary/aromatic N) is 3. The third-order valence-corrected chi connectivity index (χ3v) is 5.45. The maximum atomic E-state index is 13.1. The molecule has 1 aliphatic rings. The van der Waals surface area contributed by atoms with Crippen molar-refractivity contribution in [1.29, 1.82) is 0 Å². The molecule has 0 unspecified atom stereocenters. The standard InChI is InChI=1S/C19H17BrClN5O2/c1-9(24-18(27)16-17(22)23-8-14(20)25-16)13-7-10-3-2-4-12(21)15(10)19(28)26(13)11-5-6-11/h2-4,7-9,11H,5-6H2,1H3,(H2,22,23)(H,24,27)/t9-/m0/s1. The summed E-state index contributed by atoms with van der Waals surface area (Å²) in [6.07, 6.45) is 3.27. The summed E-state index contributed by atoms with van der Waals surface area (Å²) in [7, 11) is 0. The van der Waals surface area contributed by atoms with Gasteiger partial charge in [0.05, 0.1) is 22.6 Å². The summed E-state index contributed by atoms with van der Waals surface area (Å²) >= 11 is 9.46. The molecule has 0 bridgehead atoms. The summed E-state index contributed by atoms with van der Waals surface area (Å²) in [5, 5.41) is 4.55. The second-order valence-corrected chi connectivity index (χ2v) is 8.02. The highest BCUT2D eigenvalue weighted by Crippen LogP contribution is 2.37. The molecule has 1 atom stereocenters. The summed E-state index contributed by atoms with van der Waals surface area (Å²) in [6, 6.07) is 6.94. The van der Waals surface area contributed by atoms with Crippen molar-refractivity contribution in [2.24, 2.45) is 0 Å². The van der Waals surface area contributed by atoms with E-state index < -0.39 is 11.9 Å². The molecule has 0 spiro atoms. The Balaban J connectivity index is 1.76. The molecule has 0 saturated heterocycles. The Morgan fingerprint density at radius 1 is 1.43 bits per heavy atom. The number of aromatic nitrogens is 3. The number of nitrogens with two attached hydrogens (primary N) is 1. The Kier molecular flexibility index (Phi) is 4.84. The molecule has 2 heterocycles. The zero-order chi connectivity index (χ0) is 20.0. The normalized spacial score (nSPS) is 14.8. The molecule has 1 fully saturated rings. The largest absolute Gasteiger partial charge is 0.382 e. The minimum atomic E-state index is -0.459. The van der Waals surface area contributed by atoms with E-state index in [0.717, 1.165) is 23.9 Å². The Bertz CT molecular complexity index is 1160. The van der Waals surface area contributed by atoms with Crippen molar-refractivity contribution in [1.82, 2.24) is 19.9 Å². The van der Waals surface area contributed by atoms with Crippen molar-refractivity contribution in [3.63, 3.8) is 0 Å². The van der Waals surface area contributed by atoms with E-state index in [-0.39, 0.29) is 23.1 Å². The van der Waals surface area contributed by atoms with Crippen molar-refractivity contribution in [3.8, 4) is 0 Å². The molecule has 3 N–H and O–H groups in total. The third-order valence-electron chi connectivity index (χ3n) is 4.75. The predicted molar refractivity (Wildman–Crippen MR) is 112 cm³/mol. The molecule has 4 rings (SSSR count). The van der Waals surface area contributed by atoms with Crippen LogP contribution in [0.3, 0.4) is 0 Å². The number of rotatable bonds is 4. The fourth-order valence-electron chi connectivity index (χ4n) is 3.28. The molecule has 1 aliphatic carbocycles. The average molecular weight is 463 g/mol. The molecule has 0 aliphatic heterocycles. The number of hydrogen-bond acceptors (Lipinski definition) is 5. The average Bonchev–Trinajstić information content (AvgIpc) is 3.48. The second-order valence-electron chi connectivity index (χ2n) is 6.80. The first-order valence-electron chi connectivity index (χ1n) is 8.79. The first-order chi connectivity index (χ1) is 13.4. The van der Waals surface area contributed by atoms with E-state index in [1.807, 2.05) is 19.1 Å². The van der Waals surface area contributed by atoms with Crippen LogP contribution >= 0.6 is 27.5 Å². The van der Waals surface area contributed by atoms with Gasteiger partial charge in [0.2, 0.25) is 0 Å². The van der Waals surface area contributed by atoms with Gasteiger partial charge in [-0.3, -0.25) is 9.59 Å². The Morgan fingerprint density at radius 2 is 2.18 bits per heavy atom. The zero-order valence-corrected chi connectivity index (χ0v) is 17.3. The number of nitrogens with one attached hydrogen (secondary N) is 1. The molecule has 1 amide bonds. The number of benzene rings is 1. The lowest BCUT2D eigenvalue weighted by atomic mass is 10.1. The van der Waals surface area contributed by atoms with Gasteiger partial charge in [-0.25, -0.2) is 9.97 Å². The smallest absolute Gasteiger partial charge is 0.274 e. The van der Waals surface area contributed by atoms with Crippen LogP contribution in [0.1, 0.15) is 48.0 Å². The Hall–Kier alpha value is -2.45. The van der Waals surface area contributed by atoms with Gasteiger partial charge in [0, 0.05) is 11.7 Å². The number of pyridine rings is 1. The van der Waals surface area contributed by atoms with Gasteiger partial charge in [0.25, 0.3) is 11.5 Å². The molecule has 28 heavy (non-hydrogen) atoms. The quantitative estimate of drug-likeness (QED) is 0.616.